The van der Waals surface area contributed by atoms with Crippen LogP contribution in [0.3, 0.4) is 0 Å². The van der Waals surface area contributed by atoms with Gasteiger partial charge in [-0.05, 0) is 0 Å². The number of aryl methyl sites for hydroxylation is 1. The molecule has 0 amide bonds. The lowest BCUT2D eigenvalue weighted by Crippen LogP contribution is -2.23. The van der Waals surface area contributed by atoms with Crippen LogP contribution >= 0.6 is 0 Å². The van der Waals surface area contributed by atoms with Gasteiger partial charge >= 0.3 is 0 Å². The third-order valence-electron chi connectivity index (χ3n) is 4.12. The number of rotatable bonds is 4. The zero-order valence-corrected chi connectivity index (χ0v) is 14.4. The van der Waals surface area contributed by atoms with E-state index in [2.05, 4.69) is 46.1 Å². The molecule has 2 aromatic heterocycles. The van der Waals surface area contributed by atoms with Gasteiger partial charge < -0.3 is 9.26 Å². The number of hydrogen-bond donors (Lipinski definition) is 0. The molecule has 1 aliphatic heterocycles. The Morgan fingerprint density at radius 2 is 2.13 bits per heavy atom. The van der Waals surface area contributed by atoms with Crippen molar-refractivity contribution in [2.24, 2.45) is 7.05 Å². The van der Waals surface area contributed by atoms with Crippen molar-refractivity contribution >= 4 is 0 Å². The molecule has 0 bridgehead atoms. The summed E-state index contributed by atoms with van der Waals surface area (Å²) in [6.45, 7) is 8.49. The van der Waals surface area contributed by atoms with Crippen molar-refractivity contribution in [3.63, 3.8) is 0 Å². The second-order valence-corrected chi connectivity index (χ2v) is 7.16. The van der Waals surface area contributed by atoms with Gasteiger partial charge in [-0.1, -0.05) is 31.1 Å². The molecule has 0 unspecified atom stereocenters. The van der Waals surface area contributed by atoms with Gasteiger partial charge in [0.1, 0.15) is 0 Å². The lowest BCUT2D eigenvalue weighted by Gasteiger charge is -2.13. The van der Waals surface area contributed by atoms with Crippen LogP contribution in [-0.2, 0) is 23.7 Å². The van der Waals surface area contributed by atoms with E-state index < -0.39 is 0 Å². The number of methoxy groups -OCH3 is 1. The van der Waals surface area contributed by atoms with Crippen LogP contribution in [0.4, 0.5) is 0 Å². The summed E-state index contributed by atoms with van der Waals surface area (Å²) in [6.07, 6.45) is 2.05. The first-order chi connectivity index (χ1) is 10.9. The molecule has 23 heavy (non-hydrogen) atoms. The fourth-order valence-corrected chi connectivity index (χ4v) is 2.86. The van der Waals surface area contributed by atoms with Crippen molar-refractivity contribution in [3.8, 4) is 0 Å². The van der Waals surface area contributed by atoms with Gasteiger partial charge in [-0.15, -0.1) is 5.10 Å². The average Bonchev–Trinajstić information content (AvgIpc) is 3.17. The predicted octanol–water partition coefficient (Wildman–Crippen LogP) is 1.11. The van der Waals surface area contributed by atoms with Gasteiger partial charge in [-0.25, -0.2) is 0 Å². The molecule has 1 aliphatic rings. The van der Waals surface area contributed by atoms with Crippen LogP contribution in [0.15, 0.2) is 10.7 Å². The summed E-state index contributed by atoms with van der Waals surface area (Å²) in [5.74, 6) is 1.59. The molecule has 2 atom stereocenters. The standard InChI is InChI=1S/C15H24N6O2/c1-15(2,3)14-16-13(18-23-14)9-21-6-10(12(8-21)22-5)11-7-20(4)19-17-11/h7,10,12H,6,8-9H2,1-5H3/t10-,12+/m0/s1. The lowest BCUT2D eigenvalue weighted by atomic mass is 9.97. The second-order valence-electron chi connectivity index (χ2n) is 7.16. The van der Waals surface area contributed by atoms with Crippen molar-refractivity contribution in [2.45, 2.75) is 44.8 Å². The van der Waals surface area contributed by atoms with Crippen LogP contribution in [0.5, 0.6) is 0 Å². The molecular weight excluding hydrogens is 296 g/mol. The first-order valence-corrected chi connectivity index (χ1v) is 7.81. The monoisotopic (exact) mass is 320 g/mol. The van der Waals surface area contributed by atoms with E-state index >= 15 is 0 Å². The van der Waals surface area contributed by atoms with Crippen molar-refractivity contribution in [2.75, 3.05) is 20.2 Å². The molecule has 1 fully saturated rings. The van der Waals surface area contributed by atoms with Crippen LogP contribution < -0.4 is 0 Å². The lowest BCUT2D eigenvalue weighted by molar-refractivity contribution is 0.0954. The first kappa shape index (κ1) is 16.1. The highest BCUT2D eigenvalue weighted by Gasteiger charge is 2.36. The second kappa shape index (κ2) is 6.01. The minimum atomic E-state index is -0.131. The Morgan fingerprint density at radius 3 is 2.70 bits per heavy atom. The first-order valence-electron chi connectivity index (χ1n) is 7.81. The Hall–Kier alpha value is -1.80. The maximum absolute atomic E-state index is 5.63. The van der Waals surface area contributed by atoms with Gasteiger partial charge in [-0.3, -0.25) is 9.58 Å². The highest BCUT2D eigenvalue weighted by Crippen LogP contribution is 2.29. The summed E-state index contributed by atoms with van der Waals surface area (Å²) in [7, 11) is 3.61. The topological polar surface area (TPSA) is 82.1 Å². The van der Waals surface area contributed by atoms with Gasteiger partial charge in [0.2, 0.25) is 5.89 Å². The minimum absolute atomic E-state index is 0.0979. The quantitative estimate of drug-likeness (QED) is 0.834. The molecule has 3 rings (SSSR count). The number of ether oxygens (including phenoxy) is 1. The van der Waals surface area contributed by atoms with E-state index in [0.29, 0.717) is 18.3 Å². The Balaban J connectivity index is 1.69. The molecule has 0 saturated carbocycles. The van der Waals surface area contributed by atoms with E-state index in [1.165, 1.54) is 0 Å². The molecule has 3 heterocycles. The van der Waals surface area contributed by atoms with Gasteiger partial charge in [-0.2, -0.15) is 4.98 Å². The summed E-state index contributed by atoms with van der Waals surface area (Å²) in [5.41, 5.74) is 0.832. The SMILES string of the molecule is CO[C@@H]1CN(Cc2noc(C(C)(C)C)n2)C[C@H]1c1cn(C)nn1. The molecule has 8 heteroatoms. The van der Waals surface area contributed by atoms with Crippen molar-refractivity contribution in [3.05, 3.63) is 23.6 Å². The highest BCUT2D eigenvalue weighted by molar-refractivity contribution is 5.10. The van der Waals surface area contributed by atoms with E-state index in [1.54, 1.807) is 11.8 Å². The van der Waals surface area contributed by atoms with E-state index in [-0.39, 0.29) is 17.4 Å². The zero-order chi connectivity index (χ0) is 16.6. The zero-order valence-electron chi connectivity index (χ0n) is 14.4. The maximum atomic E-state index is 5.63. The number of likely N-dealkylation sites (tertiary alicyclic amines) is 1. The van der Waals surface area contributed by atoms with Gasteiger partial charge in [0.25, 0.3) is 0 Å². The Morgan fingerprint density at radius 1 is 1.35 bits per heavy atom. The Labute approximate surface area is 135 Å². The number of hydrogen-bond acceptors (Lipinski definition) is 7. The Kier molecular flexibility index (Phi) is 4.20. The molecule has 8 nitrogen and oxygen atoms in total. The van der Waals surface area contributed by atoms with Gasteiger partial charge in [0.05, 0.1) is 18.3 Å². The molecular formula is C15H24N6O2. The summed E-state index contributed by atoms with van der Waals surface area (Å²) >= 11 is 0. The van der Waals surface area contributed by atoms with E-state index in [9.17, 15) is 0 Å². The summed E-state index contributed by atoms with van der Waals surface area (Å²) in [6, 6.07) is 0. The van der Waals surface area contributed by atoms with Crippen LogP contribution in [0.2, 0.25) is 0 Å². The fourth-order valence-electron chi connectivity index (χ4n) is 2.86. The van der Waals surface area contributed by atoms with Gasteiger partial charge in [0.15, 0.2) is 5.82 Å². The largest absolute Gasteiger partial charge is 0.379 e. The molecule has 2 aromatic rings. The molecule has 0 radical (unpaired) electrons. The smallest absolute Gasteiger partial charge is 0.232 e. The van der Waals surface area contributed by atoms with Crippen LogP contribution in [0.1, 0.15) is 44.1 Å². The Bertz CT molecular complexity index is 659. The van der Waals surface area contributed by atoms with Crippen molar-refractivity contribution in [1.29, 1.82) is 0 Å². The summed E-state index contributed by atoms with van der Waals surface area (Å²) in [5, 5.41) is 12.4. The molecule has 126 valence electrons. The van der Waals surface area contributed by atoms with Crippen LogP contribution in [0.25, 0.3) is 0 Å². The summed E-state index contributed by atoms with van der Waals surface area (Å²) in [4.78, 5) is 6.77. The van der Waals surface area contributed by atoms with Crippen molar-refractivity contribution < 1.29 is 9.26 Å². The fraction of sp³-hybridized carbons (Fsp3) is 0.733. The third kappa shape index (κ3) is 3.42. The average molecular weight is 320 g/mol. The van der Waals surface area contributed by atoms with E-state index in [0.717, 1.165) is 18.8 Å². The van der Waals surface area contributed by atoms with Crippen LogP contribution in [0, 0.1) is 0 Å². The normalized spacial score (nSPS) is 22.8. The minimum Gasteiger partial charge on any atom is -0.379 e. The molecule has 1 saturated heterocycles. The van der Waals surface area contributed by atoms with Crippen LogP contribution in [-0.4, -0.2) is 56.3 Å². The number of nitrogens with zero attached hydrogens (tertiary/aromatic N) is 6. The molecule has 0 aliphatic carbocycles. The summed E-state index contributed by atoms with van der Waals surface area (Å²) < 4.78 is 12.7. The third-order valence-corrected chi connectivity index (χ3v) is 4.12. The molecule has 0 aromatic carbocycles. The van der Waals surface area contributed by atoms with Crippen molar-refractivity contribution in [1.82, 2.24) is 30.0 Å². The number of aromatic nitrogens is 5. The molecule has 0 spiro atoms. The molecule has 0 N–H and O–H groups in total. The maximum Gasteiger partial charge on any atom is 0.232 e. The van der Waals surface area contributed by atoms with Gasteiger partial charge in [0, 0.05) is 44.8 Å². The highest BCUT2D eigenvalue weighted by atomic mass is 16.5. The van der Waals surface area contributed by atoms with E-state index in [4.69, 9.17) is 9.26 Å². The van der Waals surface area contributed by atoms with E-state index in [1.807, 2.05) is 13.2 Å². The predicted molar refractivity (Wildman–Crippen MR) is 82.8 cm³/mol.